The molecule has 2 aromatic carbocycles. The quantitative estimate of drug-likeness (QED) is 0.759. The molecule has 0 fully saturated rings. The molecule has 0 unspecified atom stereocenters. The topological polar surface area (TPSA) is 33.0 Å². The Hall–Kier alpha value is -2.53. The van der Waals surface area contributed by atoms with Crippen LogP contribution in [0.1, 0.15) is 16.7 Å². The van der Waals surface area contributed by atoms with Crippen LogP contribution in [-0.2, 0) is 0 Å². The molecule has 0 aliphatic heterocycles. The summed E-state index contributed by atoms with van der Waals surface area (Å²) in [5.74, 6) is 0.825. The summed E-state index contributed by atoms with van der Waals surface area (Å²) >= 11 is 0. The third-order valence-electron chi connectivity index (χ3n) is 2.63. The van der Waals surface area contributed by atoms with Crippen LogP contribution in [0.4, 0.5) is 0 Å². The number of nitriles is 1. The van der Waals surface area contributed by atoms with E-state index in [2.05, 4.69) is 6.07 Å². The Balaban J connectivity index is 2.27. The van der Waals surface area contributed by atoms with Crippen LogP contribution in [-0.4, -0.2) is 7.11 Å². The largest absolute Gasteiger partial charge is 0.497 e. The summed E-state index contributed by atoms with van der Waals surface area (Å²) in [6.07, 6.45) is 3.91. The molecule has 0 spiro atoms. The Labute approximate surface area is 107 Å². The van der Waals surface area contributed by atoms with Crippen molar-refractivity contribution in [1.82, 2.24) is 0 Å². The Morgan fingerprint density at radius 2 is 1.89 bits per heavy atom. The summed E-state index contributed by atoms with van der Waals surface area (Å²) in [6, 6.07) is 17.5. The van der Waals surface area contributed by atoms with Gasteiger partial charge in [0.1, 0.15) is 5.75 Å². The van der Waals surface area contributed by atoms with Gasteiger partial charge in [-0.15, -0.1) is 0 Å². The van der Waals surface area contributed by atoms with Crippen LogP contribution in [0, 0.1) is 11.3 Å². The summed E-state index contributed by atoms with van der Waals surface area (Å²) in [5.41, 5.74) is 2.64. The Morgan fingerprint density at radius 3 is 2.67 bits per heavy atom. The fraction of sp³-hybridized carbons (Fsp3) is 0.0625. The van der Waals surface area contributed by atoms with E-state index in [0.29, 0.717) is 5.56 Å². The molecule has 0 atom stereocenters. The van der Waals surface area contributed by atoms with E-state index in [1.165, 1.54) is 0 Å². The molecule has 2 rings (SSSR count). The van der Waals surface area contributed by atoms with Crippen molar-refractivity contribution in [3.8, 4) is 11.8 Å². The smallest absolute Gasteiger partial charge is 0.119 e. The highest BCUT2D eigenvalue weighted by Crippen LogP contribution is 2.16. The van der Waals surface area contributed by atoms with Crippen molar-refractivity contribution in [3.05, 3.63) is 65.2 Å². The third kappa shape index (κ3) is 2.78. The zero-order valence-corrected chi connectivity index (χ0v) is 10.1. The van der Waals surface area contributed by atoms with Crippen molar-refractivity contribution in [1.29, 1.82) is 5.26 Å². The SMILES string of the molecule is COc1cccc(/C=C/c2ccccc2C#N)c1. The molecule has 0 aromatic heterocycles. The normalized spacial score (nSPS) is 10.2. The van der Waals surface area contributed by atoms with Crippen molar-refractivity contribution < 1.29 is 4.74 Å². The molecule has 2 nitrogen and oxygen atoms in total. The van der Waals surface area contributed by atoms with Gasteiger partial charge in [0.25, 0.3) is 0 Å². The van der Waals surface area contributed by atoms with Gasteiger partial charge < -0.3 is 4.74 Å². The van der Waals surface area contributed by atoms with E-state index in [9.17, 15) is 0 Å². The van der Waals surface area contributed by atoms with Gasteiger partial charge in [0, 0.05) is 0 Å². The average Bonchev–Trinajstić information content (AvgIpc) is 2.45. The minimum Gasteiger partial charge on any atom is -0.497 e. The third-order valence-corrected chi connectivity index (χ3v) is 2.63. The number of benzene rings is 2. The second-order valence-electron chi connectivity index (χ2n) is 3.81. The van der Waals surface area contributed by atoms with Crippen molar-refractivity contribution >= 4 is 12.2 Å². The second kappa shape index (κ2) is 5.70. The van der Waals surface area contributed by atoms with Crippen LogP contribution in [0.15, 0.2) is 48.5 Å². The predicted octanol–water partition coefficient (Wildman–Crippen LogP) is 3.74. The van der Waals surface area contributed by atoms with Crippen LogP contribution in [0.25, 0.3) is 12.2 Å². The number of nitrogens with zero attached hydrogens (tertiary/aromatic N) is 1. The lowest BCUT2D eigenvalue weighted by Crippen LogP contribution is -1.83. The van der Waals surface area contributed by atoms with E-state index in [1.54, 1.807) is 7.11 Å². The summed E-state index contributed by atoms with van der Waals surface area (Å²) < 4.78 is 5.17. The summed E-state index contributed by atoms with van der Waals surface area (Å²) in [5, 5.41) is 8.99. The Kier molecular flexibility index (Phi) is 3.78. The van der Waals surface area contributed by atoms with Crippen molar-refractivity contribution in [2.45, 2.75) is 0 Å². The van der Waals surface area contributed by atoms with Crippen molar-refractivity contribution in [2.24, 2.45) is 0 Å². The number of hydrogen-bond donors (Lipinski definition) is 0. The molecule has 18 heavy (non-hydrogen) atoms. The highest BCUT2D eigenvalue weighted by atomic mass is 16.5. The maximum Gasteiger partial charge on any atom is 0.119 e. The van der Waals surface area contributed by atoms with Crippen LogP contribution in [0.2, 0.25) is 0 Å². The molecule has 0 radical (unpaired) electrons. The molecule has 0 amide bonds. The van der Waals surface area contributed by atoms with Gasteiger partial charge in [-0.2, -0.15) is 5.26 Å². The molecular formula is C16H13NO. The molecule has 0 N–H and O–H groups in total. The molecule has 0 saturated heterocycles. The minimum absolute atomic E-state index is 0.677. The Bertz CT molecular complexity index is 608. The monoisotopic (exact) mass is 235 g/mol. The maximum atomic E-state index is 8.99. The van der Waals surface area contributed by atoms with Gasteiger partial charge in [0.05, 0.1) is 18.7 Å². The van der Waals surface area contributed by atoms with E-state index < -0.39 is 0 Å². The first kappa shape index (κ1) is 11.9. The predicted molar refractivity (Wildman–Crippen MR) is 73.1 cm³/mol. The number of hydrogen-bond acceptors (Lipinski definition) is 2. The lowest BCUT2D eigenvalue weighted by molar-refractivity contribution is 0.414. The van der Waals surface area contributed by atoms with Crippen molar-refractivity contribution in [3.63, 3.8) is 0 Å². The average molecular weight is 235 g/mol. The van der Waals surface area contributed by atoms with Crippen LogP contribution < -0.4 is 4.74 Å². The summed E-state index contributed by atoms with van der Waals surface area (Å²) in [6.45, 7) is 0. The van der Waals surface area contributed by atoms with Crippen molar-refractivity contribution in [2.75, 3.05) is 7.11 Å². The van der Waals surface area contributed by atoms with Gasteiger partial charge in [-0.05, 0) is 29.3 Å². The van der Waals surface area contributed by atoms with Gasteiger partial charge in [0.15, 0.2) is 0 Å². The van der Waals surface area contributed by atoms with Crippen LogP contribution >= 0.6 is 0 Å². The fourth-order valence-electron chi connectivity index (χ4n) is 1.68. The van der Waals surface area contributed by atoms with Gasteiger partial charge >= 0.3 is 0 Å². The molecule has 0 bridgehead atoms. The first-order chi connectivity index (χ1) is 8.83. The maximum absolute atomic E-state index is 8.99. The minimum atomic E-state index is 0.677. The van der Waals surface area contributed by atoms with E-state index in [-0.39, 0.29) is 0 Å². The van der Waals surface area contributed by atoms with E-state index in [1.807, 2.05) is 60.7 Å². The zero-order chi connectivity index (χ0) is 12.8. The molecule has 0 heterocycles. The highest BCUT2D eigenvalue weighted by molar-refractivity contribution is 5.72. The number of ether oxygens (including phenoxy) is 1. The Morgan fingerprint density at radius 1 is 1.06 bits per heavy atom. The summed E-state index contributed by atoms with van der Waals surface area (Å²) in [7, 11) is 1.65. The lowest BCUT2D eigenvalue weighted by Gasteiger charge is -2.00. The molecule has 0 aliphatic carbocycles. The van der Waals surface area contributed by atoms with E-state index >= 15 is 0 Å². The lowest BCUT2D eigenvalue weighted by atomic mass is 10.1. The molecule has 88 valence electrons. The molecule has 2 heteroatoms. The van der Waals surface area contributed by atoms with Gasteiger partial charge in [0.2, 0.25) is 0 Å². The second-order valence-corrected chi connectivity index (χ2v) is 3.81. The molecule has 2 aromatic rings. The van der Waals surface area contributed by atoms with Gasteiger partial charge in [-0.25, -0.2) is 0 Å². The standard InChI is InChI=1S/C16H13NO/c1-18-16-8-4-5-13(11-16)9-10-14-6-2-3-7-15(14)12-17/h2-11H,1H3/b10-9+. The highest BCUT2D eigenvalue weighted by Gasteiger charge is 1.96. The molecule has 0 aliphatic rings. The van der Waals surface area contributed by atoms with E-state index in [4.69, 9.17) is 10.00 Å². The first-order valence-corrected chi connectivity index (χ1v) is 5.65. The number of rotatable bonds is 3. The van der Waals surface area contributed by atoms with Gasteiger partial charge in [-0.1, -0.05) is 42.5 Å². The van der Waals surface area contributed by atoms with Crippen LogP contribution in [0.3, 0.4) is 0 Å². The zero-order valence-electron chi connectivity index (χ0n) is 10.1. The molecule has 0 saturated carbocycles. The van der Waals surface area contributed by atoms with E-state index in [0.717, 1.165) is 16.9 Å². The summed E-state index contributed by atoms with van der Waals surface area (Å²) in [4.78, 5) is 0. The van der Waals surface area contributed by atoms with Gasteiger partial charge in [-0.3, -0.25) is 0 Å². The fourth-order valence-corrected chi connectivity index (χ4v) is 1.68. The first-order valence-electron chi connectivity index (χ1n) is 5.65. The number of methoxy groups -OCH3 is 1. The van der Waals surface area contributed by atoms with Crippen LogP contribution in [0.5, 0.6) is 5.75 Å². The molecular weight excluding hydrogens is 222 g/mol.